The van der Waals surface area contributed by atoms with Gasteiger partial charge in [0.15, 0.2) is 0 Å². The standard InChI is InChI=1S/C8H15NO6/c10-3-1-6(8(14)15)9(2-4-11)5-7(12)13/h6,10-11H,1-5H2,(H,12,13)(H,14,15). The summed E-state index contributed by atoms with van der Waals surface area (Å²) in [6.45, 7) is -1.21. The van der Waals surface area contributed by atoms with Crippen LogP contribution < -0.4 is 0 Å². The van der Waals surface area contributed by atoms with E-state index in [9.17, 15) is 9.59 Å². The molecule has 7 nitrogen and oxygen atoms in total. The minimum atomic E-state index is -1.21. The molecule has 0 fully saturated rings. The van der Waals surface area contributed by atoms with Crippen molar-refractivity contribution in [3.63, 3.8) is 0 Å². The maximum atomic E-state index is 10.8. The van der Waals surface area contributed by atoms with E-state index in [1.807, 2.05) is 0 Å². The summed E-state index contributed by atoms with van der Waals surface area (Å²) < 4.78 is 0. The van der Waals surface area contributed by atoms with Crippen molar-refractivity contribution in [2.45, 2.75) is 12.5 Å². The second-order valence-corrected chi connectivity index (χ2v) is 2.95. The van der Waals surface area contributed by atoms with Gasteiger partial charge in [0.2, 0.25) is 0 Å². The van der Waals surface area contributed by atoms with Crippen LogP contribution in [-0.4, -0.2) is 69.6 Å². The number of nitrogens with zero attached hydrogens (tertiary/aromatic N) is 1. The van der Waals surface area contributed by atoms with Crippen LogP contribution in [0.15, 0.2) is 0 Å². The molecule has 0 aliphatic rings. The molecule has 88 valence electrons. The third kappa shape index (κ3) is 5.31. The molecule has 0 heterocycles. The predicted molar refractivity (Wildman–Crippen MR) is 49.4 cm³/mol. The fraction of sp³-hybridized carbons (Fsp3) is 0.750. The van der Waals surface area contributed by atoms with Gasteiger partial charge in [-0.05, 0) is 6.42 Å². The molecule has 15 heavy (non-hydrogen) atoms. The highest BCUT2D eigenvalue weighted by molar-refractivity contribution is 5.75. The van der Waals surface area contributed by atoms with E-state index >= 15 is 0 Å². The minimum Gasteiger partial charge on any atom is -0.480 e. The number of carbonyl (C=O) groups is 2. The van der Waals surface area contributed by atoms with Crippen LogP contribution in [0, 0.1) is 0 Å². The van der Waals surface area contributed by atoms with Crippen LogP contribution in [0.4, 0.5) is 0 Å². The van der Waals surface area contributed by atoms with Gasteiger partial charge in [-0.1, -0.05) is 0 Å². The quantitative estimate of drug-likeness (QED) is 0.382. The molecule has 1 unspecified atom stereocenters. The van der Waals surface area contributed by atoms with E-state index in [-0.39, 0.29) is 26.2 Å². The van der Waals surface area contributed by atoms with E-state index in [2.05, 4.69) is 0 Å². The third-order valence-electron chi connectivity index (χ3n) is 1.85. The Morgan fingerprint density at radius 1 is 1.13 bits per heavy atom. The Hall–Kier alpha value is -1.18. The molecule has 0 radical (unpaired) electrons. The van der Waals surface area contributed by atoms with E-state index in [0.29, 0.717) is 0 Å². The number of rotatable bonds is 8. The van der Waals surface area contributed by atoms with Crippen LogP contribution in [-0.2, 0) is 9.59 Å². The van der Waals surface area contributed by atoms with Gasteiger partial charge in [-0.25, -0.2) is 0 Å². The van der Waals surface area contributed by atoms with E-state index in [4.69, 9.17) is 20.4 Å². The fourth-order valence-corrected chi connectivity index (χ4v) is 1.23. The second-order valence-electron chi connectivity index (χ2n) is 2.95. The number of hydrogen-bond donors (Lipinski definition) is 4. The molecular weight excluding hydrogens is 206 g/mol. The van der Waals surface area contributed by atoms with Crippen molar-refractivity contribution in [1.29, 1.82) is 0 Å². The third-order valence-corrected chi connectivity index (χ3v) is 1.85. The van der Waals surface area contributed by atoms with Crippen LogP contribution in [0.3, 0.4) is 0 Å². The van der Waals surface area contributed by atoms with Gasteiger partial charge in [0.1, 0.15) is 6.04 Å². The van der Waals surface area contributed by atoms with Crippen molar-refractivity contribution >= 4 is 11.9 Å². The lowest BCUT2D eigenvalue weighted by molar-refractivity contribution is -0.147. The smallest absolute Gasteiger partial charge is 0.321 e. The Kier molecular flexibility index (Phi) is 6.59. The Balaban J connectivity index is 4.50. The molecule has 0 aliphatic heterocycles. The normalized spacial score (nSPS) is 12.7. The van der Waals surface area contributed by atoms with Crippen molar-refractivity contribution in [2.24, 2.45) is 0 Å². The summed E-state index contributed by atoms with van der Waals surface area (Å²) in [6.07, 6.45) is -0.0669. The van der Waals surface area contributed by atoms with Gasteiger partial charge in [-0.2, -0.15) is 0 Å². The van der Waals surface area contributed by atoms with Gasteiger partial charge >= 0.3 is 11.9 Å². The van der Waals surface area contributed by atoms with E-state index < -0.39 is 24.5 Å². The first-order valence-corrected chi connectivity index (χ1v) is 4.43. The Labute approximate surface area is 86.6 Å². The zero-order valence-corrected chi connectivity index (χ0v) is 8.17. The van der Waals surface area contributed by atoms with Gasteiger partial charge in [0.05, 0.1) is 13.2 Å². The van der Waals surface area contributed by atoms with Crippen molar-refractivity contribution in [3.8, 4) is 0 Å². The molecule has 0 amide bonds. The predicted octanol–water partition coefficient (Wildman–Crippen LogP) is -1.80. The first-order valence-electron chi connectivity index (χ1n) is 4.43. The van der Waals surface area contributed by atoms with Crippen molar-refractivity contribution in [2.75, 3.05) is 26.3 Å². The minimum absolute atomic E-state index is 0.0523. The monoisotopic (exact) mass is 221 g/mol. The van der Waals surface area contributed by atoms with Crippen LogP contribution in [0.2, 0.25) is 0 Å². The maximum absolute atomic E-state index is 10.8. The molecular formula is C8H15NO6. The van der Waals surface area contributed by atoms with Gasteiger partial charge < -0.3 is 20.4 Å². The molecule has 0 saturated heterocycles. The Bertz CT molecular complexity index is 219. The number of aliphatic carboxylic acids is 2. The average Bonchev–Trinajstić information content (AvgIpc) is 2.12. The molecule has 0 bridgehead atoms. The van der Waals surface area contributed by atoms with E-state index in [1.54, 1.807) is 0 Å². The van der Waals surface area contributed by atoms with Crippen LogP contribution in [0.5, 0.6) is 0 Å². The second kappa shape index (κ2) is 7.16. The molecule has 0 aromatic rings. The zero-order chi connectivity index (χ0) is 11.8. The topological polar surface area (TPSA) is 118 Å². The highest BCUT2D eigenvalue weighted by Crippen LogP contribution is 2.04. The summed E-state index contributed by atoms with van der Waals surface area (Å²) in [7, 11) is 0. The van der Waals surface area contributed by atoms with Crippen LogP contribution >= 0.6 is 0 Å². The van der Waals surface area contributed by atoms with Gasteiger partial charge in [0.25, 0.3) is 0 Å². The molecule has 0 aliphatic carbocycles. The molecule has 0 rings (SSSR count). The van der Waals surface area contributed by atoms with Crippen LogP contribution in [0.25, 0.3) is 0 Å². The zero-order valence-electron chi connectivity index (χ0n) is 8.17. The number of carboxylic acids is 2. The van der Waals surface area contributed by atoms with Crippen molar-refractivity contribution in [3.05, 3.63) is 0 Å². The highest BCUT2D eigenvalue weighted by Gasteiger charge is 2.26. The summed E-state index contributed by atoms with van der Waals surface area (Å²) in [4.78, 5) is 22.3. The van der Waals surface area contributed by atoms with Crippen molar-refractivity contribution < 1.29 is 30.0 Å². The highest BCUT2D eigenvalue weighted by atomic mass is 16.4. The first-order chi connectivity index (χ1) is 7.02. The summed E-state index contributed by atoms with van der Waals surface area (Å²) in [6, 6.07) is -1.08. The summed E-state index contributed by atoms with van der Waals surface area (Å²) >= 11 is 0. The fourth-order valence-electron chi connectivity index (χ4n) is 1.23. The maximum Gasteiger partial charge on any atom is 0.321 e. The average molecular weight is 221 g/mol. The van der Waals surface area contributed by atoms with Crippen molar-refractivity contribution in [1.82, 2.24) is 4.90 Å². The lowest BCUT2D eigenvalue weighted by Gasteiger charge is -2.25. The molecule has 0 aromatic heterocycles. The van der Waals surface area contributed by atoms with Crippen LogP contribution in [0.1, 0.15) is 6.42 Å². The van der Waals surface area contributed by atoms with E-state index in [0.717, 1.165) is 4.90 Å². The lowest BCUT2D eigenvalue weighted by Crippen LogP contribution is -2.45. The number of aliphatic hydroxyl groups excluding tert-OH is 2. The molecule has 0 spiro atoms. The Morgan fingerprint density at radius 2 is 1.73 bits per heavy atom. The SMILES string of the molecule is O=C(O)CN(CCO)C(CCO)C(=O)O. The lowest BCUT2D eigenvalue weighted by atomic mass is 10.2. The molecule has 7 heteroatoms. The molecule has 0 aromatic carbocycles. The number of aliphatic hydroxyl groups is 2. The number of carboxylic acid groups (broad SMARTS) is 2. The first kappa shape index (κ1) is 13.8. The Morgan fingerprint density at radius 3 is 2.07 bits per heavy atom. The van der Waals surface area contributed by atoms with Gasteiger partial charge in [0, 0.05) is 13.2 Å². The summed E-state index contributed by atoms with van der Waals surface area (Å²) in [5, 5.41) is 34.6. The molecule has 1 atom stereocenters. The summed E-state index contributed by atoms with van der Waals surface area (Å²) in [5.41, 5.74) is 0. The van der Waals surface area contributed by atoms with Gasteiger partial charge in [-0.15, -0.1) is 0 Å². The summed E-state index contributed by atoms with van der Waals surface area (Å²) in [5.74, 6) is -2.38. The van der Waals surface area contributed by atoms with E-state index in [1.165, 1.54) is 0 Å². The van der Waals surface area contributed by atoms with Gasteiger partial charge in [-0.3, -0.25) is 14.5 Å². The largest absolute Gasteiger partial charge is 0.480 e. The molecule has 4 N–H and O–H groups in total. The number of hydrogen-bond acceptors (Lipinski definition) is 5. The molecule has 0 saturated carbocycles.